The lowest BCUT2D eigenvalue weighted by molar-refractivity contribution is 0.443. The predicted molar refractivity (Wildman–Crippen MR) is 156 cm³/mol. The van der Waals surface area contributed by atoms with Crippen LogP contribution in [0.15, 0.2) is 116 Å². The molecule has 4 aromatic carbocycles. The first-order valence-electron chi connectivity index (χ1n) is 13.3. The van der Waals surface area contributed by atoms with Crippen LogP contribution in [0.25, 0.3) is 33.6 Å². The highest BCUT2D eigenvalue weighted by atomic mass is 16.5. The van der Waals surface area contributed by atoms with Crippen LogP contribution >= 0.6 is 0 Å². The molecule has 6 heteroatoms. The highest BCUT2D eigenvalue weighted by Crippen LogP contribution is 2.43. The van der Waals surface area contributed by atoms with Crippen molar-refractivity contribution in [2.45, 2.75) is 0 Å². The lowest BCUT2D eigenvalue weighted by Crippen LogP contribution is -2.59. The lowest BCUT2D eigenvalue weighted by atomic mass is 9.34. The molecule has 0 saturated heterocycles. The molecule has 5 heterocycles. The van der Waals surface area contributed by atoms with Gasteiger partial charge in [0.1, 0.15) is 34.5 Å². The quantitative estimate of drug-likeness (QED) is 0.259. The normalized spacial score (nSPS) is 13.1. The van der Waals surface area contributed by atoms with Crippen molar-refractivity contribution in [3.8, 4) is 68.1 Å². The summed E-state index contributed by atoms with van der Waals surface area (Å²) >= 11 is 0. The van der Waals surface area contributed by atoms with Crippen molar-refractivity contribution in [2.24, 2.45) is 0 Å². The maximum atomic E-state index is 6.56. The summed E-state index contributed by atoms with van der Waals surface area (Å²) in [6.07, 6.45) is 3.64. The van der Waals surface area contributed by atoms with E-state index in [4.69, 9.17) is 14.2 Å². The first kappa shape index (κ1) is 21.6. The molecule has 6 aromatic rings. The SMILES string of the molecule is c1ccc(-c2cc(-c3cc4c5c(c3)Oc3cccc6c3B5c3c(cccc3O4)O6)cc(-c3ccccn3)c2)nc1. The van der Waals surface area contributed by atoms with Gasteiger partial charge in [-0.15, -0.1) is 0 Å². The van der Waals surface area contributed by atoms with Crippen molar-refractivity contribution in [3.63, 3.8) is 0 Å². The second kappa shape index (κ2) is 8.07. The summed E-state index contributed by atoms with van der Waals surface area (Å²) in [5, 5.41) is 0. The highest BCUT2D eigenvalue weighted by molar-refractivity contribution is 6.99. The van der Waals surface area contributed by atoms with E-state index in [1.165, 1.54) is 0 Å². The van der Waals surface area contributed by atoms with Gasteiger partial charge in [0.15, 0.2) is 0 Å². The number of pyridine rings is 2. The first-order valence-corrected chi connectivity index (χ1v) is 13.3. The van der Waals surface area contributed by atoms with E-state index >= 15 is 0 Å². The van der Waals surface area contributed by atoms with Crippen LogP contribution in [-0.2, 0) is 0 Å². The van der Waals surface area contributed by atoms with Gasteiger partial charge in [-0.2, -0.15) is 0 Å². The van der Waals surface area contributed by atoms with Crippen LogP contribution in [0.2, 0.25) is 0 Å². The van der Waals surface area contributed by atoms with Gasteiger partial charge in [-0.3, -0.25) is 9.97 Å². The molecule has 0 atom stereocenters. The van der Waals surface area contributed by atoms with Crippen LogP contribution in [0.3, 0.4) is 0 Å². The number of rotatable bonds is 3. The topological polar surface area (TPSA) is 53.5 Å². The van der Waals surface area contributed by atoms with E-state index in [1.807, 2.05) is 85.2 Å². The molecular weight excluding hydrogens is 495 g/mol. The zero-order valence-corrected chi connectivity index (χ0v) is 21.2. The monoisotopic (exact) mass is 514 g/mol. The van der Waals surface area contributed by atoms with Crippen molar-refractivity contribution < 1.29 is 14.2 Å². The maximum absolute atomic E-state index is 6.56. The van der Waals surface area contributed by atoms with E-state index in [-0.39, 0.29) is 6.71 Å². The molecule has 0 radical (unpaired) electrons. The molecule has 3 aliphatic heterocycles. The van der Waals surface area contributed by atoms with Crippen molar-refractivity contribution in [3.05, 3.63) is 116 Å². The molecule has 40 heavy (non-hydrogen) atoms. The Hall–Kier alpha value is -5.36. The fraction of sp³-hybridized carbons (Fsp3) is 0. The van der Waals surface area contributed by atoms with Gasteiger partial charge in [-0.1, -0.05) is 24.3 Å². The molecule has 0 fully saturated rings. The summed E-state index contributed by atoms with van der Waals surface area (Å²) in [4.78, 5) is 9.25. The molecule has 3 aliphatic rings. The minimum absolute atomic E-state index is 0.00312. The van der Waals surface area contributed by atoms with Crippen molar-refractivity contribution in [1.29, 1.82) is 0 Å². The number of nitrogens with zero attached hydrogens (tertiary/aromatic N) is 2. The van der Waals surface area contributed by atoms with Crippen LogP contribution in [0.5, 0.6) is 34.5 Å². The summed E-state index contributed by atoms with van der Waals surface area (Å²) < 4.78 is 19.4. The highest BCUT2D eigenvalue weighted by Gasteiger charge is 2.46. The Kier molecular flexibility index (Phi) is 4.35. The Morgan fingerprint density at radius 2 is 0.825 bits per heavy atom. The third-order valence-electron chi connectivity index (χ3n) is 7.87. The molecule has 0 bridgehead atoms. The van der Waals surface area contributed by atoms with Crippen LogP contribution in [-0.4, -0.2) is 16.7 Å². The van der Waals surface area contributed by atoms with E-state index in [2.05, 4.69) is 40.3 Å². The summed E-state index contributed by atoms with van der Waals surface area (Å²) in [5.74, 6) is 4.89. The molecule has 0 spiro atoms. The van der Waals surface area contributed by atoms with Gasteiger partial charge in [0, 0.05) is 39.9 Å². The zero-order valence-electron chi connectivity index (χ0n) is 21.2. The summed E-state index contributed by atoms with van der Waals surface area (Å²) in [7, 11) is 0. The molecule has 0 aliphatic carbocycles. The van der Waals surface area contributed by atoms with Gasteiger partial charge in [-0.25, -0.2) is 0 Å². The fourth-order valence-corrected chi connectivity index (χ4v) is 6.14. The Bertz CT molecular complexity index is 1860. The predicted octanol–water partition coefficient (Wildman–Crippen LogP) is 6.31. The molecule has 9 rings (SSSR count). The summed E-state index contributed by atoms with van der Waals surface area (Å²) in [6.45, 7) is -0.00312. The molecule has 0 unspecified atom stereocenters. The van der Waals surface area contributed by atoms with Crippen LogP contribution < -0.4 is 30.6 Å². The molecule has 0 amide bonds. The third-order valence-corrected chi connectivity index (χ3v) is 7.87. The Balaban J connectivity index is 1.27. The zero-order chi connectivity index (χ0) is 26.2. The first-order chi connectivity index (χ1) is 19.8. The van der Waals surface area contributed by atoms with E-state index in [1.54, 1.807) is 0 Å². The molecule has 5 nitrogen and oxygen atoms in total. The minimum Gasteiger partial charge on any atom is -0.458 e. The van der Waals surface area contributed by atoms with Gasteiger partial charge < -0.3 is 14.2 Å². The smallest absolute Gasteiger partial charge is 0.270 e. The van der Waals surface area contributed by atoms with Crippen LogP contribution in [0.4, 0.5) is 0 Å². The van der Waals surface area contributed by atoms with E-state index in [0.29, 0.717) is 0 Å². The number of benzene rings is 4. The van der Waals surface area contributed by atoms with E-state index in [0.717, 1.165) is 84.5 Å². The number of ether oxygens (including phenoxy) is 3. The minimum atomic E-state index is -0.00312. The van der Waals surface area contributed by atoms with Crippen molar-refractivity contribution in [1.82, 2.24) is 9.97 Å². The third kappa shape index (κ3) is 3.10. The van der Waals surface area contributed by atoms with Gasteiger partial charge in [0.25, 0.3) is 6.71 Å². The van der Waals surface area contributed by atoms with Crippen molar-refractivity contribution >= 4 is 23.1 Å². The summed E-state index contributed by atoms with van der Waals surface area (Å²) in [6, 6.07) is 34.7. The maximum Gasteiger partial charge on any atom is 0.270 e. The van der Waals surface area contributed by atoms with Crippen LogP contribution in [0, 0.1) is 0 Å². The van der Waals surface area contributed by atoms with Gasteiger partial charge in [0.2, 0.25) is 0 Å². The standard InChI is InChI=1S/C34H19BN2O3/c1-3-13-36-24(7-1)22-15-20(16-23(17-22)25-8-2-4-14-37-25)21-18-30-34-31(19-21)40-29-12-6-10-27-33(29)35(34)32-26(38-27)9-5-11-28(32)39-30/h1-19H. The van der Waals surface area contributed by atoms with Gasteiger partial charge in [0.05, 0.1) is 11.4 Å². The number of aromatic nitrogens is 2. The molecule has 0 N–H and O–H groups in total. The molecular formula is C34H19BN2O3. The van der Waals surface area contributed by atoms with Crippen molar-refractivity contribution in [2.75, 3.05) is 0 Å². The summed E-state index contributed by atoms with van der Waals surface area (Å²) in [5.41, 5.74) is 9.01. The average molecular weight is 514 g/mol. The van der Waals surface area contributed by atoms with E-state index < -0.39 is 0 Å². The van der Waals surface area contributed by atoms with E-state index in [9.17, 15) is 0 Å². The molecule has 0 saturated carbocycles. The number of hydrogen-bond acceptors (Lipinski definition) is 5. The largest absolute Gasteiger partial charge is 0.458 e. The number of hydrogen-bond donors (Lipinski definition) is 0. The fourth-order valence-electron chi connectivity index (χ4n) is 6.14. The van der Waals surface area contributed by atoms with Gasteiger partial charge >= 0.3 is 0 Å². The Morgan fingerprint density at radius 1 is 0.400 bits per heavy atom. The Morgan fingerprint density at radius 3 is 1.30 bits per heavy atom. The molecule has 186 valence electrons. The average Bonchev–Trinajstić information content (AvgIpc) is 3.01. The second-order valence-corrected chi connectivity index (χ2v) is 10.2. The Labute approximate surface area is 230 Å². The van der Waals surface area contributed by atoms with Crippen LogP contribution in [0.1, 0.15) is 0 Å². The lowest BCUT2D eigenvalue weighted by Gasteiger charge is -2.37. The van der Waals surface area contributed by atoms with Gasteiger partial charge in [-0.05, 0) is 90.0 Å². The molecule has 2 aromatic heterocycles. The second-order valence-electron chi connectivity index (χ2n) is 10.2.